The fourth-order valence-corrected chi connectivity index (χ4v) is 4.68. The molecule has 0 radical (unpaired) electrons. The molecule has 2 aromatic rings. The van der Waals surface area contributed by atoms with Gasteiger partial charge in [0.15, 0.2) is 0 Å². The van der Waals surface area contributed by atoms with Crippen molar-refractivity contribution in [3.05, 3.63) is 58.6 Å². The molecule has 1 N–H and O–H groups in total. The molecule has 126 valence electrons. The summed E-state index contributed by atoms with van der Waals surface area (Å²) >= 11 is 3.36. The van der Waals surface area contributed by atoms with E-state index < -0.39 is 10.0 Å². The normalized spacial score (nSPS) is 16.6. The van der Waals surface area contributed by atoms with Gasteiger partial charge in [-0.15, -0.1) is 0 Å². The van der Waals surface area contributed by atoms with E-state index in [-0.39, 0.29) is 11.7 Å². The number of benzene rings is 2. The molecule has 0 saturated carbocycles. The summed E-state index contributed by atoms with van der Waals surface area (Å²) in [5, 5.41) is 2.81. The highest BCUT2D eigenvalue weighted by atomic mass is 79.9. The average molecular weight is 409 g/mol. The number of rotatable bonds is 3. The number of sulfonamides is 1. The standard InChI is InChI=1S/C17H17BrN2O3S/c18-14-6-4-7-15(12-14)19-17(21)13-5-3-8-16(11-13)20-9-1-2-10-24(20,22)23/h3-8,11-12H,1-2,9-10H2,(H,19,21). The van der Waals surface area contributed by atoms with Crippen LogP contribution < -0.4 is 9.62 Å². The fraction of sp³-hybridized carbons (Fsp3) is 0.235. The average Bonchev–Trinajstić information content (AvgIpc) is 2.54. The smallest absolute Gasteiger partial charge is 0.255 e. The predicted molar refractivity (Wildman–Crippen MR) is 98.9 cm³/mol. The quantitative estimate of drug-likeness (QED) is 0.842. The van der Waals surface area contributed by atoms with Gasteiger partial charge in [-0.05, 0) is 49.2 Å². The molecule has 2 aromatic carbocycles. The first-order valence-corrected chi connectivity index (χ1v) is 10.0. The van der Waals surface area contributed by atoms with Crippen LogP contribution in [0.1, 0.15) is 23.2 Å². The summed E-state index contributed by atoms with van der Waals surface area (Å²) in [4.78, 5) is 12.4. The van der Waals surface area contributed by atoms with Crippen LogP contribution in [-0.2, 0) is 10.0 Å². The Balaban J connectivity index is 1.83. The summed E-state index contributed by atoms with van der Waals surface area (Å²) in [6, 6.07) is 14.0. The Kier molecular flexibility index (Phi) is 4.91. The zero-order valence-electron chi connectivity index (χ0n) is 12.9. The van der Waals surface area contributed by atoms with Gasteiger partial charge in [0.2, 0.25) is 10.0 Å². The van der Waals surface area contributed by atoms with Gasteiger partial charge in [0.1, 0.15) is 0 Å². The zero-order valence-corrected chi connectivity index (χ0v) is 15.3. The van der Waals surface area contributed by atoms with Gasteiger partial charge >= 0.3 is 0 Å². The Morgan fingerprint density at radius 3 is 2.62 bits per heavy atom. The van der Waals surface area contributed by atoms with E-state index in [1.54, 1.807) is 36.4 Å². The molecular formula is C17H17BrN2O3S. The third-order valence-corrected chi connectivity index (χ3v) is 6.19. The molecule has 7 heteroatoms. The van der Waals surface area contributed by atoms with E-state index in [9.17, 15) is 13.2 Å². The molecule has 1 saturated heterocycles. The van der Waals surface area contributed by atoms with Gasteiger partial charge in [0.25, 0.3) is 5.91 Å². The van der Waals surface area contributed by atoms with E-state index in [0.717, 1.165) is 10.9 Å². The van der Waals surface area contributed by atoms with Crippen LogP contribution in [0.5, 0.6) is 0 Å². The number of halogens is 1. The lowest BCUT2D eigenvalue weighted by Gasteiger charge is -2.28. The molecule has 0 aromatic heterocycles. The van der Waals surface area contributed by atoms with Crippen molar-refractivity contribution in [1.29, 1.82) is 0 Å². The molecule has 3 rings (SSSR count). The van der Waals surface area contributed by atoms with Crippen molar-refractivity contribution in [3.63, 3.8) is 0 Å². The van der Waals surface area contributed by atoms with E-state index in [0.29, 0.717) is 29.9 Å². The van der Waals surface area contributed by atoms with Crippen LogP contribution in [0.15, 0.2) is 53.0 Å². The van der Waals surface area contributed by atoms with Gasteiger partial charge in [-0.25, -0.2) is 8.42 Å². The van der Waals surface area contributed by atoms with Gasteiger partial charge in [-0.1, -0.05) is 28.1 Å². The van der Waals surface area contributed by atoms with Crippen molar-refractivity contribution in [1.82, 2.24) is 0 Å². The number of hydrogen-bond acceptors (Lipinski definition) is 3. The Morgan fingerprint density at radius 2 is 1.88 bits per heavy atom. The minimum atomic E-state index is -3.29. The second kappa shape index (κ2) is 6.94. The minimum absolute atomic E-state index is 0.154. The lowest BCUT2D eigenvalue weighted by atomic mass is 10.1. The van der Waals surface area contributed by atoms with Crippen LogP contribution in [0.25, 0.3) is 0 Å². The molecule has 1 amide bonds. The first kappa shape index (κ1) is 17.0. The van der Waals surface area contributed by atoms with E-state index in [1.165, 1.54) is 4.31 Å². The molecule has 5 nitrogen and oxygen atoms in total. The summed E-state index contributed by atoms with van der Waals surface area (Å²) in [6.07, 6.45) is 1.51. The highest BCUT2D eigenvalue weighted by Crippen LogP contribution is 2.25. The van der Waals surface area contributed by atoms with E-state index in [2.05, 4.69) is 21.2 Å². The Bertz CT molecular complexity index is 868. The maximum absolute atomic E-state index is 12.4. The maximum Gasteiger partial charge on any atom is 0.255 e. The summed E-state index contributed by atoms with van der Waals surface area (Å²) in [7, 11) is -3.29. The van der Waals surface area contributed by atoms with Crippen molar-refractivity contribution in [2.45, 2.75) is 12.8 Å². The summed E-state index contributed by atoms with van der Waals surface area (Å²) < 4.78 is 26.7. The molecule has 24 heavy (non-hydrogen) atoms. The van der Waals surface area contributed by atoms with Crippen molar-refractivity contribution in [2.24, 2.45) is 0 Å². The number of carbonyl (C=O) groups excluding carboxylic acids is 1. The zero-order chi connectivity index (χ0) is 17.2. The SMILES string of the molecule is O=C(Nc1cccc(Br)c1)c1cccc(N2CCCCS2(=O)=O)c1. The summed E-state index contributed by atoms with van der Waals surface area (Å²) in [5.74, 6) is -0.120. The van der Waals surface area contributed by atoms with E-state index in [1.807, 2.05) is 12.1 Å². The Hall–Kier alpha value is -1.86. The fourth-order valence-electron chi connectivity index (χ4n) is 2.65. The van der Waals surface area contributed by atoms with Crippen molar-refractivity contribution < 1.29 is 13.2 Å². The maximum atomic E-state index is 12.4. The van der Waals surface area contributed by atoms with Crippen LogP contribution in [0.2, 0.25) is 0 Å². The summed E-state index contributed by atoms with van der Waals surface area (Å²) in [6.45, 7) is 0.457. The van der Waals surface area contributed by atoms with E-state index in [4.69, 9.17) is 0 Å². The number of nitrogens with zero attached hydrogens (tertiary/aromatic N) is 1. The highest BCUT2D eigenvalue weighted by Gasteiger charge is 2.26. The largest absolute Gasteiger partial charge is 0.322 e. The topological polar surface area (TPSA) is 66.5 Å². The molecule has 1 fully saturated rings. The lowest BCUT2D eigenvalue weighted by Crippen LogP contribution is -2.37. The Labute approximate surface area is 149 Å². The van der Waals surface area contributed by atoms with Crippen LogP contribution in [0.4, 0.5) is 11.4 Å². The van der Waals surface area contributed by atoms with Crippen LogP contribution in [0, 0.1) is 0 Å². The lowest BCUT2D eigenvalue weighted by molar-refractivity contribution is 0.102. The van der Waals surface area contributed by atoms with Gasteiger partial charge in [0.05, 0.1) is 11.4 Å². The molecule has 0 spiro atoms. The molecule has 1 heterocycles. The molecule has 1 aliphatic heterocycles. The number of hydrogen-bond donors (Lipinski definition) is 1. The van der Waals surface area contributed by atoms with E-state index >= 15 is 0 Å². The molecule has 0 atom stereocenters. The van der Waals surface area contributed by atoms with Crippen LogP contribution in [0.3, 0.4) is 0 Å². The molecule has 1 aliphatic rings. The second-order valence-electron chi connectivity index (χ2n) is 5.61. The summed E-state index contributed by atoms with van der Waals surface area (Å²) in [5.41, 5.74) is 1.63. The van der Waals surface area contributed by atoms with Gasteiger partial charge in [-0.3, -0.25) is 9.10 Å². The number of nitrogens with one attached hydrogen (secondary N) is 1. The van der Waals surface area contributed by atoms with Crippen molar-refractivity contribution in [2.75, 3.05) is 21.9 Å². The van der Waals surface area contributed by atoms with Gasteiger partial charge < -0.3 is 5.32 Å². The number of carbonyl (C=O) groups is 1. The van der Waals surface area contributed by atoms with Gasteiger partial charge in [0, 0.05) is 22.3 Å². The van der Waals surface area contributed by atoms with Crippen molar-refractivity contribution >= 4 is 43.2 Å². The van der Waals surface area contributed by atoms with Crippen LogP contribution >= 0.6 is 15.9 Å². The Morgan fingerprint density at radius 1 is 1.08 bits per heavy atom. The first-order valence-electron chi connectivity index (χ1n) is 7.63. The monoisotopic (exact) mass is 408 g/mol. The molecular weight excluding hydrogens is 392 g/mol. The predicted octanol–water partition coefficient (Wildman–Crippen LogP) is 3.63. The van der Waals surface area contributed by atoms with Gasteiger partial charge in [-0.2, -0.15) is 0 Å². The third-order valence-electron chi connectivity index (χ3n) is 3.83. The number of amides is 1. The molecule has 0 aliphatic carbocycles. The van der Waals surface area contributed by atoms with Crippen LogP contribution in [-0.4, -0.2) is 26.6 Å². The highest BCUT2D eigenvalue weighted by molar-refractivity contribution is 9.10. The third kappa shape index (κ3) is 3.79. The first-order chi connectivity index (χ1) is 11.5. The molecule has 0 bridgehead atoms. The number of anilines is 2. The minimum Gasteiger partial charge on any atom is -0.322 e. The molecule has 0 unspecified atom stereocenters. The van der Waals surface area contributed by atoms with Crippen molar-refractivity contribution in [3.8, 4) is 0 Å². The second-order valence-corrected chi connectivity index (χ2v) is 8.54.